The number of ketones is 1. The van der Waals surface area contributed by atoms with E-state index in [-0.39, 0.29) is 57.1 Å². The summed E-state index contributed by atoms with van der Waals surface area (Å²) in [5, 5.41) is 34.3. The topological polar surface area (TPSA) is 441 Å². The molecule has 6 aliphatic rings. The molecule has 5 heterocycles. The van der Waals surface area contributed by atoms with Crippen LogP contribution in [0, 0.1) is 36.5 Å². The molecule has 10 N–H and O–H groups in total. The van der Waals surface area contributed by atoms with Crippen LogP contribution >= 0.6 is 15.2 Å². The number of aliphatic hydroxyl groups excluding tert-OH is 1. The molecule has 0 aromatic heterocycles. The molecular weight excluding hydrogens is 1280 g/mol. The average molecular weight is 1370 g/mol. The molecule has 1 spiro atoms. The number of hydrogen-bond acceptors (Lipinski definition) is 23. The van der Waals surface area contributed by atoms with E-state index in [0.717, 1.165) is 25.4 Å². The molecule has 7 rings (SSSR count). The summed E-state index contributed by atoms with van der Waals surface area (Å²) < 4.78 is 63.8. The van der Waals surface area contributed by atoms with Crippen LogP contribution in [0.25, 0.3) is 0 Å². The summed E-state index contributed by atoms with van der Waals surface area (Å²) in [4.78, 5) is 168. The molecule has 0 unspecified atom stereocenters. The van der Waals surface area contributed by atoms with E-state index in [1.807, 2.05) is 0 Å². The fraction of sp³-hybridized carbons (Fsp3) is 0.607. The number of likely N-dealkylation sites (tertiary alicyclic amines) is 1. The number of aliphatic imine (C=N–C) groups is 1. The molecular formula is C61H89N7O24P2. The summed E-state index contributed by atoms with van der Waals surface area (Å²) in [6.07, 6.45) is 0.459. The Hall–Kier alpha value is -7.34. The lowest BCUT2D eigenvalue weighted by Crippen LogP contribution is -2.50. The van der Waals surface area contributed by atoms with Crippen molar-refractivity contribution in [1.82, 2.24) is 31.1 Å². The van der Waals surface area contributed by atoms with Crippen molar-refractivity contribution in [2.45, 2.75) is 163 Å². The van der Waals surface area contributed by atoms with Gasteiger partial charge in [0.2, 0.25) is 35.7 Å². The Labute approximate surface area is 544 Å². The first-order valence-corrected chi connectivity index (χ1v) is 33.8. The average Bonchev–Trinajstić information content (AvgIpc) is 0.742. The number of phenolic OH excluding ortho intramolecular Hbond substituents is 1. The van der Waals surface area contributed by atoms with Crippen molar-refractivity contribution < 1.29 is 115 Å². The number of esters is 3. The van der Waals surface area contributed by atoms with Gasteiger partial charge in [0.1, 0.15) is 47.7 Å². The number of likely N-dealkylation sites (N-methyl/N-ethyl adjacent to an activating group) is 1. The van der Waals surface area contributed by atoms with E-state index in [1.54, 1.807) is 26.1 Å². The highest BCUT2D eigenvalue weighted by molar-refractivity contribution is 7.70. The number of benzene rings is 1. The van der Waals surface area contributed by atoms with Crippen molar-refractivity contribution in [1.29, 1.82) is 0 Å². The number of alkyl carbamates (subject to hydrolysis) is 1. The summed E-state index contributed by atoms with van der Waals surface area (Å²) in [6, 6.07) is -1.83. The van der Waals surface area contributed by atoms with Crippen LogP contribution in [0.5, 0.6) is 11.5 Å². The third-order valence-electron chi connectivity index (χ3n) is 16.4. The van der Waals surface area contributed by atoms with E-state index in [1.165, 1.54) is 79.2 Å². The van der Waals surface area contributed by atoms with Gasteiger partial charge in [-0.1, -0.05) is 66.7 Å². The number of phenols is 1. The summed E-state index contributed by atoms with van der Waals surface area (Å²) in [5.41, 5.74) is -4.44. The van der Waals surface area contributed by atoms with Gasteiger partial charge in [-0.15, -0.1) is 0 Å². The highest BCUT2D eigenvalue weighted by Crippen LogP contribution is 2.58. The van der Waals surface area contributed by atoms with Crippen molar-refractivity contribution in [3.63, 3.8) is 0 Å². The van der Waals surface area contributed by atoms with Crippen LogP contribution in [0.2, 0.25) is 0 Å². The minimum Gasteiger partial charge on any atom is -0.507 e. The normalized spacial score (nSPS) is 25.1. The van der Waals surface area contributed by atoms with Gasteiger partial charge in [0, 0.05) is 121 Å². The zero-order valence-corrected chi connectivity index (χ0v) is 56.9. The fourth-order valence-electron chi connectivity index (χ4n) is 11.4. The molecule has 4 bridgehead atoms. The number of rotatable bonds is 19. The minimum absolute atomic E-state index is 0.00798. The zero-order valence-electron chi connectivity index (χ0n) is 55.2. The van der Waals surface area contributed by atoms with Crippen LogP contribution in [0.15, 0.2) is 52.5 Å². The number of methoxy groups -OCH3 is 1. The van der Waals surface area contributed by atoms with Gasteiger partial charge in [-0.05, 0) is 32.3 Å². The lowest BCUT2D eigenvalue weighted by Gasteiger charge is -2.39. The third-order valence-corrected chi connectivity index (χ3v) is 19.8. The van der Waals surface area contributed by atoms with E-state index in [4.69, 9.17) is 38.2 Å². The molecule has 31 nitrogen and oxygen atoms in total. The highest BCUT2D eigenvalue weighted by Gasteiger charge is 2.49. The van der Waals surface area contributed by atoms with E-state index >= 15 is 0 Å². The number of aldehydes is 1. The molecule has 33 heteroatoms. The van der Waals surface area contributed by atoms with Crippen LogP contribution in [-0.2, 0) is 66.3 Å². The Morgan fingerprint density at radius 2 is 1.53 bits per heavy atom. The second kappa shape index (κ2) is 32.4. The van der Waals surface area contributed by atoms with Gasteiger partial charge in [-0.25, -0.2) is 4.79 Å². The molecule has 1 aromatic rings. The number of fused-ring (bicyclic) bond motifs is 1. The number of amides is 4. The molecule has 0 saturated carbocycles. The molecule has 0 radical (unpaired) electrons. The number of aliphatic hydroxyl groups is 1. The monoisotopic (exact) mass is 1370 g/mol. The first kappa shape index (κ1) is 77.4. The Balaban J connectivity index is 1.58. The summed E-state index contributed by atoms with van der Waals surface area (Å²) in [5.74, 6) is -12.5. The van der Waals surface area contributed by atoms with Crippen LogP contribution in [-0.4, -0.2) is 194 Å². The number of allylic oxidation sites excluding steroid dienone is 4. The van der Waals surface area contributed by atoms with E-state index in [0.29, 0.717) is 38.1 Å². The Morgan fingerprint density at radius 3 is 2.11 bits per heavy atom. The second-order valence-electron chi connectivity index (χ2n) is 24.7. The molecule has 5 aliphatic heterocycles. The van der Waals surface area contributed by atoms with Gasteiger partial charge in [0.05, 0.1) is 41.0 Å². The van der Waals surface area contributed by atoms with Crippen LogP contribution in [0.1, 0.15) is 140 Å². The molecule has 522 valence electrons. The van der Waals surface area contributed by atoms with Crippen molar-refractivity contribution in [3.05, 3.63) is 69.8 Å². The molecule has 94 heavy (non-hydrogen) atoms. The van der Waals surface area contributed by atoms with E-state index in [2.05, 4.69) is 34.7 Å². The van der Waals surface area contributed by atoms with Gasteiger partial charge >= 0.3 is 39.2 Å². The quantitative estimate of drug-likeness (QED) is 0.0309. The minimum atomic E-state index is -5.67. The number of carbonyl (C=O) groups is 9. The molecule has 1 aromatic carbocycles. The van der Waals surface area contributed by atoms with E-state index in [9.17, 15) is 82.1 Å². The maximum absolute atomic E-state index is 15.0. The number of nitrogens with one attached hydrogen (secondary N) is 4. The first-order chi connectivity index (χ1) is 43.7. The van der Waals surface area contributed by atoms with Gasteiger partial charge in [-0.2, -0.15) is 0 Å². The number of ether oxygens (including phenoxy) is 7. The molecule has 1 aliphatic carbocycles. The third kappa shape index (κ3) is 19.6. The largest absolute Gasteiger partial charge is 0.507 e. The number of nitrogens with zero attached hydrogens (tertiary/aromatic N) is 3. The van der Waals surface area contributed by atoms with Crippen LogP contribution in [0.3, 0.4) is 0 Å². The Morgan fingerprint density at radius 1 is 0.904 bits per heavy atom. The van der Waals surface area contributed by atoms with E-state index < -0.39 is 166 Å². The van der Waals surface area contributed by atoms with Crippen molar-refractivity contribution in [3.8, 4) is 11.5 Å². The Kier molecular flexibility index (Phi) is 26.7. The lowest BCUT2D eigenvalue weighted by atomic mass is 9.78. The molecule has 1 fully saturated rings. The number of carbonyl (C=O) groups excluding carboxylic acids is 9. The van der Waals surface area contributed by atoms with Gasteiger partial charge < -0.3 is 94.0 Å². The maximum atomic E-state index is 15.0. The van der Waals surface area contributed by atoms with Gasteiger partial charge in [0.15, 0.2) is 6.29 Å². The summed E-state index contributed by atoms with van der Waals surface area (Å²) >= 11 is 0. The highest BCUT2D eigenvalue weighted by atomic mass is 31.2. The van der Waals surface area contributed by atoms with Crippen molar-refractivity contribution in [2.75, 3.05) is 47.1 Å². The number of aromatic hydroxyl groups is 1. The Bertz CT molecular complexity index is 3280. The SMILES string of the molecule is CCC(=O)OCOC(=O)N[C@@H](CCC(=O)NC(P(=O)(O)O)P(=O)(O)O)C(=O)N(C)CC(=O)O[C@@H]1[C@@H](C)[C@@H](O)[C@@H](C)[C@H](OC(C)=O)[C@H](C)[C@@H](OC)/C=C/OC(C)(C)Oc2c(C)c(O)c3c(c2C=O)C2=NC4(CCN(CC(C)C)CC4)NC2=C(NC(=O)/C(C)=C\C=C\[C@@H]1C)C3=O. The second-order valence-corrected chi connectivity index (χ2v) is 28.5. The number of piperidine rings is 1. The van der Waals surface area contributed by atoms with Crippen LogP contribution in [0.4, 0.5) is 4.79 Å². The summed E-state index contributed by atoms with van der Waals surface area (Å²) in [7, 11) is -8.87. The number of Topliss-reactive ketones (excluding diaryl/α,β-unsaturated/α-hetero) is 1. The van der Waals surface area contributed by atoms with Gasteiger partial charge in [0.25, 0.3) is 5.91 Å². The lowest BCUT2D eigenvalue weighted by molar-refractivity contribution is -0.167. The summed E-state index contributed by atoms with van der Waals surface area (Å²) in [6.45, 7) is 19.4. The number of hydrogen-bond donors (Lipinski definition) is 10. The smallest absolute Gasteiger partial charge is 0.410 e. The molecule has 1 saturated heterocycles. The fourth-order valence-corrected chi connectivity index (χ4v) is 13.6. The standard InChI is InChI=1S/C61H89N7O24P2/c1-15-43(72)87-30-88-58(79)62-40(19-20-42(71)63-59(93(80,81)82)94(83,84)85)57(78)67(13)28-44(73)91-53-32(4)17-16-18-33(5)56(77)64-49-48-47(65-61(66-48)22-24-68(25-23-61)27-31(2)3)45-39(29-69)55(37(9)51(75)46(45)52(49)76)92-60(11,12)89-26-21-41(86-14)34(6)54(90-38(10)70)36(8)50(74)35(53)7/h16-18,21,26,29,31-32,34-36,40-41,50,53-54,59,66,74-75H,15,19-20,22-25,27-28,30H2,1-14H3,(H,62,79)(H,63,71)(H,64,77)(H2,80,81,82)(H2,83,84,85)/b17-16+,26-21+,33-18-/t32-,34+,35-,36+,40-,41-,50+,53-,54+/m0/s1. The molecule has 9 atom stereocenters. The predicted octanol–water partition coefficient (Wildman–Crippen LogP) is 3.80. The maximum Gasteiger partial charge on any atom is 0.410 e. The zero-order chi connectivity index (χ0) is 70.7. The molecule has 4 amide bonds. The van der Waals surface area contributed by atoms with Gasteiger partial charge in [-0.3, -0.25) is 52.5 Å². The van der Waals surface area contributed by atoms with Crippen molar-refractivity contribution >= 4 is 74.7 Å². The van der Waals surface area contributed by atoms with Crippen LogP contribution < -0.4 is 26.0 Å². The predicted molar refractivity (Wildman–Crippen MR) is 335 cm³/mol. The first-order valence-electron chi connectivity index (χ1n) is 30.5. The van der Waals surface area contributed by atoms with Crippen molar-refractivity contribution in [2.24, 2.45) is 34.6 Å².